The average Bonchev–Trinajstić information content (AvgIpc) is 2.74. The molecule has 1 saturated carbocycles. The lowest BCUT2D eigenvalue weighted by molar-refractivity contribution is 0.177. The highest BCUT2D eigenvalue weighted by atomic mass is 16.5. The van der Waals surface area contributed by atoms with Gasteiger partial charge < -0.3 is 15.2 Å². The molecule has 1 aliphatic rings. The standard InChI is InChI=1S/C17H27NO2/c1-19-15-6-8-16(9-7-15)20-13-12-17(14-18)10-4-2-3-5-11-17/h6-9H,2-5,10-14,18H2,1H3. The number of methoxy groups -OCH3 is 1. The van der Waals surface area contributed by atoms with Crippen LogP contribution in [0.25, 0.3) is 0 Å². The largest absolute Gasteiger partial charge is 0.497 e. The molecule has 112 valence electrons. The number of hydrogen-bond donors (Lipinski definition) is 1. The van der Waals surface area contributed by atoms with Crippen LogP contribution >= 0.6 is 0 Å². The van der Waals surface area contributed by atoms with Crippen molar-refractivity contribution in [2.45, 2.75) is 44.9 Å². The first kappa shape index (κ1) is 15.2. The van der Waals surface area contributed by atoms with Gasteiger partial charge in [0.05, 0.1) is 13.7 Å². The van der Waals surface area contributed by atoms with Crippen LogP contribution in [0.3, 0.4) is 0 Å². The van der Waals surface area contributed by atoms with E-state index in [1.807, 2.05) is 24.3 Å². The van der Waals surface area contributed by atoms with Gasteiger partial charge in [-0.25, -0.2) is 0 Å². The van der Waals surface area contributed by atoms with Crippen LogP contribution in [-0.4, -0.2) is 20.3 Å². The molecule has 2 N–H and O–H groups in total. The number of benzene rings is 1. The summed E-state index contributed by atoms with van der Waals surface area (Å²) in [5.41, 5.74) is 6.36. The summed E-state index contributed by atoms with van der Waals surface area (Å²) in [6.45, 7) is 1.54. The van der Waals surface area contributed by atoms with E-state index in [4.69, 9.17) is 15.2 Å². The Morgan fingerprint density at radius 3 is 2.15 bits per heavy atom. The highest BCUT2D eigenvalue weighted by molar-refractivity contribution is 5.31. The summed E-state index contributed by atoms with van der Waals surface area (Å²) in [5.74, 6) is 1.77. The van der Waals surface area contributed by atoms with E-state index in [0.717, 1.165) is 31.1 Å². The molecule has 1 fully saturated rings. The molecular weight excluding hydrogens is 250 g/mol. The Hall–Kier alpha value is -1.22. The molecule has 0 amide bonds. The fourth-order valence-electron chi connectivity index (χ4n) is 3.09. The predicted octanol–water partition coefficient (Wildman–Crippen LogP) is 3.76. The van der Waals surface area contributed by atoms with Crippen LogP contribution in [0, 0.1) is 5.41 Å². The van der Waals surface area contributed by atoms with Crippen molar-refractivity contribution in [2.75, 3.05) is 20.3 Å². The Labute approximate surface area is 122 Å². The zero-order chi connectivity index (χ0) is 14.3. The van der Waals surface area contributed by atoms with Crippen LogP contribution in [0.5, 0.6) is 11.5 Å². The molecule has 0 saturated heterocycles. The molecule has 0 aliphatic heterocycles. The molecule has 0 aromatic heterocycles. The quantitative estimate of drug-likeness (QED) is 0.805. The molecule has 0 radical (unpaired) electrons. The zero-order valence-corrected chi connectivity index (χ0v) is 12.6. The lowest BCUT2D eigenvalue weighted by atomic mass is 9.78. The lowest BCUT2D eigenvalue weighted by Gasteiger charge is -2.31. The van der Waals surface area contributed by atoms with Gasteiger partial charge in [-0.05, 0) is 55.5 Å². The summed E-state index contributed by atoms with van der Waals surface area (Å²) in [5, 5.41) is 0. The summed E-state index contributed by atoms with van der Waals surface area (Å²) < 4.78 is 11.0. The number of ether oxygens (including phenoxy) is 2. The maximum atomic E-state index is 6.05. The Kier molecular flexibility index (Phi) is 5.72. The van der Waals surface area contributed by atoms with Gasteiger partial charge in [0.15, 0.2) is 0 Å². The van der Waals surface area contributed by atoms with Crippen molar-refractivity contribution in [1.29, 1.82) is 0 Å². The molecule has 0 bridgehead atoms. The minimum Gasteiger partial charge on any atom is -0.497 e. The second-order valence-electron chi connectivity index (χ2n) is 5.89. The molecule has 2 rings (SSSR count). The third-order valence-corrected chi connectivity index (χ3v) is 4.56. The molecule has 0 heterocycles. The second kappa shape index (κ2) is 7.53. The first-order valence-electron chi connectivity index (χ1n) is 7.75. The molecular formula is C17H27NO2. The van der Waals surface area contributed by atoms with Crippen molar-refractivity contribution < 1.29 is 9.47 Å². The summed E-state index contributed by atoms with van der Waals surface area (Å²) in [7, 11) is 1.67. The SMILES string of the molecule is COc1ccc(OCCC2(CN)CCCCCC2)cc1. The highest BCUT2D eigenvalue weighted by Crippen LogP contribution is 2.37. The van der Waals surface area contributed by atoms with Crippen molar-refractivity contribution in [3.05, 3.63) is 24.3 Å². The normalized spacial score (nSPS) is 18.3. The van der Waals surface area contributed by atoms with Crippen LogP contribution < -0.4 is 15.2 Å². The van der Waals surface area contributed by atoms with Gasteiger partial charge in [0.2, 0.25) is 0 Å². The van der Waals surface area contributed by atoms with E-state index < -0.39 is 0 Å². The summed E-state index contributed by atoms with van der Waals surface area (Å²) >= 11 is 0. The van der Waals surface area contributed by atoms with E-state index in [-0.39, 0.29) is 0 Å². The van der Waals surface area contributed by atoms with E-state index in [9.17, 15) is 0 Å². The third kappa shape index (κ3) is 4.14. The molecule has 0 unspecified atom stereocenters. The van der Waals surface area contributed by atoms with Crippen LogP contribution in [-0.2, 0) is 0 Å². The smallest absolute Gasteiger partial charge is 0.119 e. The summed E-state index contributed by atoms with van der Waals surface area (Å²) in [4.78, 5) is 0. The third-order valence-electron chi connectivity index (χ3n) is 4.56. The molecule has 3 heteroatoms. The number of nitrogens with two attached hydrogens (primary N) is 1. The fraction of sp³-hybridized carbons (Fsp3) is 0.647. The summed E-state index contributed by atoms with van der Waals surface area (Å²) in [6.07, 6.45) is 8.95. The van der Waals surface area contributed by atoms with E-state index >= 15 is 0 Å². The number of hydrogen-bond acceptors (Lipinski definition) is 3. The van der Waals surface area contributed by atoms with Crippen LogP contribution in [0.2, 0.25) is 0 Å². The molecule has 0 atom stereocenters. The molecule has 1 aromatic rings. The first-order chi connectivity index (χ1) is 9.78. The van der Waals surface area contributed by atoms with E-state index in [1.165, 1.54) is 38.5 Å². The zero-order valence-electron chi connectivity index (χ0n) is 12.6. The van der Waals surface area contributed by atoms with Gasteiger partial charge in [0.25, 0.3) is 0 Å². The minimum absolute atomic E-state index is 0.309. The maximum absolute atomic E-state index is 6.05. The highest BCUT2D eigenvalue weighted by Gasteiger charge is 2.29. The van der Waals surface area contributed by atoms with Gasteiger partial charge in [-0.3, -0.25) is 0 Å². The van der Waals surface area contributed by atoms with Crippen molar-refractivity contribution >= 4 is 0 Å². The van der Waals surface area contributed by atoms with E-state index in [2.05, 4.69) is 0 Å². The van der Waals surface area contributed by atoms with Crippen LogP contribution in [0.1, 0.15) is 44.9 Å². The molecule has 0 spiro atoms. The monoisotopic (exact) mass is 277 g/mol. The Morgan fingerprint density at radius 1 is 1.00 bits per heavy atom. The minimum atomic E-state index is 0.309. The predicted molar refractivity (Wildman–Crippen MR) is 82.3 cm³/mol. The average molecular weight is 277 g/mol. The van der Waals surface area contributed by atoms with Crippen molar-refractivity contribution in [2.24, 2.45) is 11.1 Å². The Bertz CT molecular complexity index is 380. The fourth-order valence-corrected chi connectivity index (χ4v) is 3.09. The van der Waals surface area contributed by atoms with Crippen molar-refractivity contribution in [1.82, 2.24) is 0 Å². The Balaban J connectivity index is 1.83. The van der Waals surface area contributed by atoms with Gasteiger partial charge >= 0.3 is 0 Å². The van der Waals surface area contributed by atoms with Gasteiger partial charge in [0.1, 0.15) is 11.5 Å². The lowest BCUT2D eigenvalue weighted by Crippen LogP contribution is -2.31. The second-order valence-corrected chi connectivity index (χ2v) is 5.89. The summed E-state index contributed by atoms with van der Waals surface area (Å²) in [6, 6.07) is 7.78. The molecule has 1 aliphatic carbocycles. The van der Waals surface area contributed by atoms with Crippen LogP contribution in [0.15, 0.2) is 24.3 Å². The van der Waals surface area contributed by atoms with Gasteiger partial charge in [-0.1, -0.05) is 25.7 Å². The first-order valence-corrected chi connectivity index (χ1v) is 7.75. The van der Waals surface area contributed by atoms with E-state index in [1.54, 1.807) is 7.11 Å². The van der Waals surface area contributed by atoms with Gasteiger partial charge in [-0.15, -0.1) is 0 Å². The van der Waals surface area contributed by atoms with E-state index in [0.29, 0.717) is 5.41 Å². The Morgan fingerprint density at radius 2 is 1.60 bits per heavy atom. The topological polar surface area (TPSA) is 44.5 Å². The van der Waals surface area contributed by atoms with Gasteiger partial charge in [-0.2, -0.15) is 0 Å². The maximum Gasteiger partial charge on any atom is 0.119 e. The number of rotatable bonds is 6. The van der Waals surface area contributed by atoms with Crippen LogP contribution in [0.4, 0.5) is 0 Å². The van der Waals surface area contributed by atoms with Crippen molar-refractivity contribution in [3.8, 4) is 11.5 Å². The molecule has 1 aromatic carbocycles. The van der Waals surface area contributed by atoms with Gasteiger partial charge in [0, 0.05) is 0 Å². The molecule has 3 nitrogen and oxygen atoms in total. The van der Waals surface area contributed by atoms with Crippen molar-refractivity contribution in [3.63, 3.8) is 0 Å². The molecule has 20 heavy (non-hydrogen) atoms.